The van der Waals surface area contributed by atoms with Gasteiger partial charge in [-0.25, -0.2) is 0 Å². The zero-order valence-corrected chi connectivity index (χ0v) is 19.1. The molecule has 5 rings (SSSR count). The van der Waals surface area contributed by atoms with E-state index in [1.165, 1.54) is 12.8 Å². The minimum Gasteiger partial charge on any atom is -0.342 e. The molecule has 0 bridgehead atoms. The number of aryl methyl sites for hydroxylation is 1. The summed E-state index contributed by atoms with van der Waals surface area (Å²) in [6, 6.07) is 8.00. The summed E-state index contributed by atoms with van der Waals surface area (Å²) < 4.78 is 1.78. The second-order valence-electron chi connectivity index (χ2n) is 9.29. The number of benzene rings is 1. The summed E-state index contributed by atoms with van der Waals surface area (Å²) in [6.07, 6.45) is 7.93. The molecule has 0 aliphatic carbocycles. The van der Waals surface area contributed by atoms with Gasteiger partial charge in [0, 0.05) is 43.2 Å². The lowest BCUT2D eigenvalue weighted by molar-refractivity contribution is -0.135. The van der Waals surface area contributed by atoms with E-state index in [1.807, 2.05) is 42.5 Å². The van der Waals surface area contributed by atoms with E-state index in [2.05, 4.69) is 26.3 Å². The molecule has 1 aromatic carbocycles. The number of likely N-dealkylation sites (tertiary alicyclic amines) is 2. The molecule has 8 nitrogen and oxygen atoms in total. The Kier molecular flexibility index (Phi) is 6.17. The Bertz CT molecular complexity index is 1160. The van der Waals surface area contributed by atoms with Gasteiger partial charge in [0.25, 0.3) is 0 Å². The van der Waals surface area contributed by atoms with E-state index >= 15 is 0 Å². The third-order valence-electron chi connectivity index (χ3n) is 6.89. The zero-order valence-electron chi connectivity index (χ0n) is 19.1. The minimum absolute atomic E-state index is 0.0138. The van der Waals surface area contributed by atoms with Gasteiger partial charge in [-0.1, -0.05) is 6.07 Å². The molecule has 4 heterocycles. The summed E-state index contributed by atoms with van der Waals surface area (Å²) in [5.74, 6) is 0.381. The summed E-state index contributed by atoms with van der Waals surface area (Å²) in [5, 5.41) is 13.8. The molecule has 2 saturated heterocycles. The first-order chi connectivity index (χ1) is 16.0. The SMILES string of the molecule is Cn1cc(-c2ccc3nnc(CC(=O)C4CCN(C(=O)CN5CCCC5)CC4)cc3c2)cn1. The number of ketones is 1. The fourth-order valence-electron chi connectivity index (χ4n) is 4.93. The van der Waals surface area contributed by atoms with Gasteiger partial charge in [0.05, 0.1) is 30.4 Å². The van der Waals surface area contributed by atoms with E-state index in [0.29, 0.717) is 25.3 Å². The molecule has 33 heavy (non-hydrogen) atoms. The number of carbonyl (C=O) groups excluding carboxylic acids is 2. The number of hydrogen-bond donors (Lipinski definition) is 0. The topological polar surface area (TPSA) is 84.2 Å². The number of fused-ring (bicyclic) bond motifs is 1. The molecular weight excluding hydrogens is 416 g/mol. The number of hydrogen-bond acceptors (Lipinski definition) is 6. The van der Waals surface area contributed by atoms with Crippen LogP contribution in [0, 0.1) is 5.92 Å². The first-order valence-corrected chi connectivity index (χ1v) is 11.8. The van der Waals surface area contributed by atoms with Crippen LogP contribution in [0.4, 0.5) is 0 Å². The molecule has 2 aliphatic rings. The molecule has 2 aliphatic heterocycles. The lowest BCUT2D eigenvalue weighted by Gasteiger charge is -2.32. The molecule has 0 atom stereocenters. The monoisotopic (exact) mass is 446 g/mol. The Morgan fingerprint density at radius 3 is 2.52 bits per heavy atom. The Labute approximate surface area is 193 Å². The number of amides is 1. The van der Waals surface area contributed by atoms with Crippen LogP contribution in [0.3, 0.4) is 0 Å². The molecule has 1 amide bonds. The van der Waals surface area contributed by atoms with E-state index in [4.69, 9.17) is 0 Å². The van der Waals surface area contributed by atoms with Crippen LogP contribution >= 0.6 is 0 Å². The fourth-order valence-corrected chi connectivity index (χ4v) is 4.93. The van der Waals surface area contributed by atoms with Crippen LogP contribution in [0.2, 0.25) is 0 Å². The summed E-state index contributed by atoms with van der Waals surface area (Å²) in [7, 11) is 1.90. The van der Waals surface area contributed by atoms with Gasteiger partial charge in [-0.15, -0.1) is 0 Å². The molecule has 2 aromatic heterocycles. The molecule has 0 unspecified atom stereocenters. The van der Waals surface area contributed by atoms with Crippen molar-refractivity contribution in [3.05, 3.63) is 42.4 Å². The van der Waals surface area contributed by atoms with Crippen molar-refractivity contribution in [2.24, 2.45) is 13.0 Å². The number of nitrogens with zero attached hydrogens (tertiary/aromatic N) is 6. The van der Waals surface area contributed by atoms with Crippen molar-refractivity contribution in [1.82, 2.24) is 29.8 Å². The van der Waals surface area contributed by atoms with Gasteiger partial charge in [-0.2, -0.15) is 15.3 Å². The number of Topliss-reactive ketones (excluding diaryl/α,β-unsaturated/α-hetero) is 1. The molecule has 0 saturated carbocycles. The maximum atomic E-state index is 13.0. The molecule has 0 N–H and O–H groups in total. The van der Waals surface area contributed by atoms with Gasteiger partial charge in [0.15, 0.2) is 0 Å². The quantitative estimate of drug-likeness (QED) is 0.578. The lowest BCUT2D eigenvalue weighted by Crippen LogP contribution is -2.44. The second kappa shape index (κ2) is 9.39. The standard InChI is InChI=1S/C25H30N6O2/c1-29-16-21(15-26-29)19-4-5-23-20(12-19)13-22(27-28-23)14-24(32)18-6-10-31(11-7-18)25(33)17-30-8-2-3-9-30/h4-5,12-13,15-16,18H,2-3,6-11,14,17H2,1H3. The summed E-state index contributed by atoms with van der Waals surface area (Å²) in [5.41, 5.74) is 3.61. The van der Waals surface area contributed by atoms with Crippen LogP contribution in [-0.2, 0) is 23.1 Å². The van der Waals surface area contributed by atoms with Gasteiger partial charge in [-0.3, -0.25) is 19.2 Å². The van der Waals surface area contributed by atoms with Gasteiger partial charge in [0.1, 0.15) is 5.78 Å². The van der Waals surface area contributed by atoms with Crippen molar-refractivity contribution < 1.29 is 9.59 Å². The zero-order chi connectivity index (χ0) is 22.8. The van der Waals surface area contributed by atoms with Crippen LogP contribution in [-0.4, -0.2) is 74.2 Å². The first kappa shape index (κ1) is 21.7. The molecule has 3 aromatic rings. The largest absolute Gasteiger partial charge is 0.342 e. The summed E-state index contributed by atoms with van der Waals surface area (Å²) in [6.45, 7) is 3.91. The van der Waals surface area contributed by atoms with Crippen LogP contribution in [0.25, 0.3) is 22.0 Å². The van der Waals surface area contributed by atoms with Crippen molar-refractivity contribution >= 4 is 22.6 Å². The van der Waals surface area contributed by atoms with Gasteiger partial charge in [-0.05, 0) is 62.5 Å². The highest BCUT2D eigenvalue weighted by Crippen LogP contribution is 2.24. The van der Waals surface area contributed by atoms with Crippen LogP contribution in [0.5, 0.6) is 0 Å². The van der Waals surface area contributed by atoms with Gasteiger partial charge < -0.3 is 4.90 Å². The van der Waals surface area contributed by atoms with Crippen molar-refractivity contribution in [1.29, 1.82) is 0 Å². The van der Waals surface area contributed by atoms with E-state index in [9.17, 15) is 9.59 Å². The maximum Gasteiger partial charge on any atom is 0.236 e. The van der Waals surface area contributed by atoms with Crippen molar-refractivity contribution in [2.45, 2.75) is 32.1 Å². The van der Waals surface area contributed by atoms with Crippen molar-refractivity contribution in [3.63, 3.8) is 0 Å². The second-order valence-corrected chi connectivity index (χ2v) is 9.29. The van der Waals surface area contributed by atoms with Gasteiger partial charge >= 0.3 is 0 Å². The normalized spacial score (nSPS) is 17.7. The van der Waals surface area contributed by atoms with Crippen LogP contribution < -0.4 is 0 Å². The predicted molar refractivity (Wildman–Crippen MR) is 125 cm³/mol. The van der Waals surface area contributed by atoms with Gasteiger partial charge in [0.2, 0.25) is 5.91 Å². The Balaban J connectivity index is 1.19. The number of rotatable bonds is 6. The third kappa shape index (κ3) is 4.95. The van der Waals surface area contributed by atoms with E-state index in [1.54, 1.807) is 4.68 Å². The Morgan fingerprint density at radius 2 is 1.79 bits per heavy atom. The summed E-state index contributed by atoms with van der Waals surface area (Å²) in [4.78, 5) is 29.7. The highest BCUT2D eigenvalue weighted by molar-refractivity contribution is 5.87. The minimum atomic E-state index is -0.0138. The van der Waals surface area contributed by atoms with Crippen LogP contribution in [0.15, 0.2) is 36.7 Å². The first-order valence-electron chi connectivity index (χ1n) is 11.8. The molecule has 172 valence electrons. The predicted octanol–water partition coefficient (Wildman–Crippen LogP) is 2.48. The van der Waals surface area contributed by atoms with E-state index in [-0.39, 0.29) is 24.0 Å². The lowest BCUT2D eigenvalue weighted by atomic mass is 9.90. The van der Waals surface area contributed by atoms with E-state index < -0.39 is 0 Å². The maximum absolute atomic E-state index is 13.0. The highest BCUT2D eigenvalue weighted by Gasteiger charge is 2.28. The molecule has 0 spiro atoms. The highest BCUT2D eigenvalue weighted by atomic mass is 16.2. The molecule has 0 radical (unpaired) electrons. The Hall–Kier alpha value is -3.13. The number of carbonyl (C=O) groups is 2. The fraction of sp³-hybridized carbons (Fsp3) is 0.480. The molecule has 8 heteroatoms. The number of aromatic nitrogens is 4. The molecule has 2 fully saturated rings. The smallest absolute Gasteiger partial charge is 0.236 e. The number of piperidine rings is 1. The average molecular weight is 447 g/mol. The van der Waals surface area contributed by atoms with Crippen molar-refractivity contribution in [2.75, 3.05) is 32.7 Å². The third-order valence-corrected chi connectivity index (χ3v) is 6.89. The van der Waals surface area contributed by atoms with Crippen molar-refractivity contribution in [3.8, 4) is 11.1 Å². The Morgan fingerprint density at radius 1 is 1.00 bits per heavy atom. The van der Waals surface area contributed by atoms with Crippen LogP contribution in [0.1, 0.15) is 31.4 Å². The average Bonchev–Trinajstić information content (AvgIpc) is 3.50. The molecular formula is C25H30N6O2. The van der Waals surface area contributed by atoms with E-state index in [0.717, 1.165) is 48.0 Å². The summed E-state index contributed by atoms with van der Waals surface area (Å²) >= 11 is 0.